The predicted octanol–water partition coefficient (Wildman–Crippen LogP) is 2.28. The molecule has 0 saturated carbocycles. The molecule has 1 aliphatic rings. The van der Waals surface area contributed by atoms with E-state index in [4.69, 9.17) is 14.9 Å². The Bertz CT molecular complexity index is 1130. The first-order valence-electron chi connectivity index (χ1n) is 9.28. The van der Waals surface area contributed by atoms with Crippen LogP contribution in [0.2, 0.25) is 0 Å². The Morgan fingerprint density at radius 2 is 1.90 bits per heavy atom. The van der Waals surface area contributed by atoms with Gasteiger partial charge in [0.1, 0.15) is 22.1 Å². The molecule has 3 aromatic rings. The smallest absolute Gasteiger partial charge is 0.241 e. The highest BCUT2D eigenvalue weighted by Crippen LogP contribution is 2.30. The van der Waals surface area contributed by atoms with Crippen LogP contribution < -0.4 is 11.1 Å². The standard InChI is InChI=1S/C21H19FN3O3Si/c22-14-2-4-16-15-3-1-13(9-17(15)28-18(16)10-14)11-21(29,12-23)25-19(26)20(24)5-7-27-8-6-20/h1-4,9-10H,5-8,11,24H2,(H,25,26)/t21-/m0/s1. The molecule has 6 nitrogen and oxygen atoms in total. The second kappa shape index (κ2) is 7.26. The number of hydrogen-bond acceptors (Lipinski definition) is 5. The lowest BCUT2D eigenvalue weighted by molar-refractivity contribution is -0.130. The van der Waals surface area contributed by atoms with E-state index in [1.165, 1.54) is 12.1 Å². The van der Waals surface area contributed by atoms with Gasteiger partial charge in [-0.1, -0.05) is 12.1 Å². The Kier molecular flexibility index (Phi) is 4.90. The summed E-state index contributed by atoms with van der Waals surface area (Å²) >= 11 is 0. The van der Waals surface area contributed by atoms with Gasteiger partial charge in [-0.15, -0.1) is 0 Å². The Morgan fingerprint density at radius 3 is 2.59 bits per heavy atom. The van der Waals surface area contributed by atoms with Crippen molar-refractivity contribution in [3.63, 3.8) is 0 Å². The molecule has 3 N–H and O–H groups in total. The topological polar surface area (TPSA) is 101 Å². The fourth-order valence-electron chi connectivity index (χ4n) is 3.60. The second-order valence-corrected chi connectivity index (χ2v) is 8.34. The van der Waals surface area contributed by atoms with Gasteiger partial charge in [0.15, 0.2) is 0 Å². The molecule has 1 fully saturated rings. The van der Waals surface area contributed by atoms with Gasteiger partial charge >= 0.3 is 0 Å². The lowest BCUT2D eigenvalue weighted by Crippen LogP contribution is -2.62. The molecule has 1 aliphatic heterocycles. The summed E-state index contributed by atoms with van der Waals surface area (Å²) in [5.74, 6) is -0.760. The van der Waals surface area contributed by atoms with Gasteiger partial charge in [0.05, 0.1) is 21.9 Å². The number of halogens is 1. The molecule has 8 heteroatoms. The molecule has 147 valence electrons. The molecule has 0 spiro atoms. The van der Waals surface area contributed by atoms with Crippen molar-refractivity contribution in [3.8, 4) is 6.07 Å². The second-order valence-electron chi connectivity index (χ2n) is 7.49. The van der Waals surface area contributed by atoms with Crippen LogP contribution in [0.1, 0.15) is 18.4 Å². The van der Waals surface area contributed by atoms with E-state index in [9.17, 15) is 14.4 Å². The van der Waals surface area contributed by atoms with Crippen molar-refractivity contribution in [1.29, 1.82) is 5.26 Å². The maximum Gasteiger partial charge on any atom is 0.241 e. The number of ether oxygens (including phenoxy) is 1. The van der Waals surface area contributed by atoms with E-state index >= 15 is 0 Å². The van der Waals surface area contributed by atoms with Crippen LogP contribution in [-0.2, 0) is 16.0 Å². The molecular formula is C21H19FN3O3Si. The van der Waals surface area contributed by atoms with Crippen molar-refractivity contribution in [3.05, 3.63) is 47.8 Å². The predicted molar refractivity (Wildman–Crippen MR) is 107 cm³/mol. The number of fused-ring (bicyclic) bond motifs is 3. The molecule has 3 radical (unpaired) electrons. The number of carbonyl (C=O) groups is 1. The van der Waals surface area contributed by atoms with E-state index in [1.54, 1.807) is 12.1 Å². The zero-order valence-electron chi connectivity index (χ0n) is 15.6. The first-order valence-corrected chi connectivity index (χ1v) is 9.78. The largest absolute Gasteiger partial charge is 0.456 e. The summed E-state index contributed by atoms with van der Waals surface area (Å²) in [6.07, 6.45) is 0.988. The molecule has 2 heterocycles. The van der Waals surface area contributed by atoms with Crippen LogP contribution in [0, 0.1) is 17.1 Å². The van der Waals surface area contributed by atoms with Crippen molar-refractivity contribution >= 4 is 38.1 Å². The number of nitrogens with zero attached hydrogens (tertiary/aromatic N) is 1. The maximum absolute atomic E-state index is 13.5. The van der Waals surface area contributed by atoms with Crippen LogP contribution in [0.4, 0.5) is 4.39 Å². The Balaban J connectivity index is 1.58. The molecule has 0 aliphatic carbocycles. The first kappa shape index (κ1) is 19.6. The normalized spacial score (nSPS) is 18.3. The summed E-state index contributed by atoms with van der Waals surface area (Å²) < 4.78 is 24.5. The summed E-state index contributed by atoms with van der Waals surface area (Å²) in [5.41, 5.74) is 6.98. The van der Waals surface area contributed by atoms with Crippen LogP contribution in [0.15, 0.2) is 40.8 Å². The SMILES string of the molecule is N#C[C@@]([Si])(Cc1ccc2c(c1)oc1cc(F)ccc12)NC(=O)C1(N)CCOCC1. The molecule has 1 atom stereocenters. The summed E-state index contributed by atoms with van der Waals surface area (Å²) in [4.78, 5) is 12.7. The average molecular weight is 408 g/mol. The van der Waals surface area contributed by atoms with Crippen LogP contribution in [0.5, 0.6) is 0 Å². The highest BCUT2D eigenvalue weighted by Gasteiger charge is 2.39. The minimum atomic E-state index is -1.33. The van der Waals surface area contributed by atoms with Gasteiger partial charge in [-0.2, -0.15) is 5.26 Å². The van der Waals surface area contributed by atoms with Crippen molar-refractivity contribution in [2.24, 2.45) is 5.73 Å². The van der Waals surface area contributed by atoms with E-state index in [0.717, 1.165) is 16.3 Å². The number of nitriles is 1. The molecule has 1 aromatic heterocycles. The molecule has 0 bridgehead atoms. The molecule has 29 heavy (non-hydrogen) atoms. The lowest BCUT2D eigenvalue weighted by Gasteiger charge is -2.35. The van der Waals surface area contributed by atoms with Gasteiger partial charge in [-0.05, 0) is 36.6 Å². The number of rotatable bonds is 4. The van der Waals surface area contributed by atoms with Crippen LogP contribution in [0.25, 0.3) is 21.9 Å². The highest BCUT2D eigenvalue weighted by molar-refractivity contribution is 6.19. The van der Waals surface area contributed by atoms with Crippen LogP contribution in [-0.4, -0.2) is 40.1 Å². The fourth-order valence-corrected chi connectivity index (χ4v) is 3.92. The average Bonchev–Trinajstić information content (AvgIpc) is 3.04. The van der Waals surface area contributed by atoms with Gasteiger partial charge in [0, 0.05) is 36.5 Å². The molecule has 0 unspecified atom stereocenters. The van der Waals surface area contributed by atoms with Crippen LogP contribution in [0.3, 0.4) is 0 Å². The summed E-state index contributed by atoms with van der Waals surface area (Å²) in [6, 6.07) is 12.0. The number of hydrogen-bond donors (Lipinski definition) is 2. The zero-order valence-corrected chi connectivity index (χ0v) is 16.6. The fraction of sp³-hybridized carbons (Fsp3) is 0.333. The minimum Gasteiger partial charge on any atom is -0.456 e. The quantitative estimate of drug-likeness (QED) is 0.645. The number of carbonyl (C=O) groups excluding carboxylic acids is 1. The summed E-state index contributed by atoms with van der Waals surface area (Å²) in [5, 5.41) is 12.8. The van der Waals surface area contributed by atoms with Gasteiger partial charge in [0.25, 0.3) is 0 Å². The Morgan fingerprint density at radius 1 is 1.24 bits per heavy atom. The Labute approximate surface area is 170 Å². The third kappa shape index (κ3) is 3.77. The molecule has 1 saturated heterocycles. The van der Waals surface area contributed by atoms with Crippen molar-refractivity contribution in [1.82, 2.24) is 5.32 Å². The Hall–Kier alpha value is -2.73. The molecule has 2 aromatic carbocycles. The third-order valence-electron chi connectivity index (χ3n) is 5.32. The maximum atomic E-state index is 13.5. The molecule has 1 amide bonds. The van der Waals surface area contributed by atoms with Gasteiger partial charge < -0.3 is 20.2 Å². The summed E-state index contributed by atoms with van der Waals surface area (Å²) in [7, 11) is 3.42. The number of benzene rings is 2. The molecule has 4 rings (SSSR count). The van der Waals surface area contributed by atoms with Crippen molar-refractivity contribution in [2.75, 3.05) is 13.2 Å². The van der Waals surface area contributed by atoms with E-state index in [1.807, 2.05) is 12.1 Å². The van der Waals surface area contributed by atoms with E-state index in [0.29, 0.717) is 37.2 Å². The van der Waals surface area contributed by atoms with Crippen molar-refractivity contribution in [2.45, 2.75) is 30.0 Å². The number of furan rings is 1. The van der Waals surface area contributed by atoms with Gasteiger partial charge in [-0.25, -0.2) is 4.39 Å². The van der Waals surface area contributed by atoms with Crippen LogP contribution >= 0.6 is 0 Å². The van der Waals surface area contributed by atoms with Gasteiger partial charge in [-0.3, -0.25) is 4.79 Å². The number of amides is 1. The van der Waals surface area contributed by atoms with E-state index in [2.05, 4.69) is 21.6 Å². The summed E-state index contributed by atoms with van der Waals surface area (Å²) in [6.45, 7) is 0.822. The highest BCUT2D eigenvalue weighted by atomic mass is 28.1. The number of nitrogens with one attached hydrogen (secondary N) is 1. The monoisotopic (exact) mass is 408 g/mol. The van der Waals surface area contributed by atoms with E-state index < -0.39 is 16.6 Å². The molecular weight excluding hydrogens is 389 g/mol. The van der Waals surface area contributed by atoms with E-state index in [-0.39, 0.29) is 12.2 Å². The van der Waals surface area contributed by atoms with Crippen molar-refractivity contribution < 1.29 is 18.3 Å². The lowest BCUT2D eigenvalue weighted by atomic mass is 9.89. The van der Waals surface area contributed by atoms with Gasteiger partial charge in [0.2, 0.25) is 5.91 Å². The minimum absolute atomic E-state index is 0.194. The number of nitrogens with two attached hydrogens (primary N) is 1. The third-order valence-corrected chi connectivity index (χ3v) is 5.74. The zero-order chi connectivity index (χ0) is 20.6. The first-order chi connectivity index (χ1) is 13.8.